The zero-order chi connectivity index (χ0) is 9.42. The normalized spacial score (nSPS) is 11.4. The first-order chi connectivity index (χ1) is 6.20. The second-order valence-corrected chi connectivity index (χ2v) is 3.27. The van der Waals surface area contributed by atoms with Crippen LogP contribution in [0.25, 0.3) is 11.0 Å². The Kier molecular flexibility index (Phi) is 1.76. The van der Waals surface area contributed by atoms with Crippen LogP contribution in [0.5, 0.6) is 0 Å². The van der Waals surface area contributed by atoms with Crippen molar-refractivity contribution in [1.82, 2.24) is 15.0 Å². The van der Waals surface area contributed by atoms with Crippen molar-refractivity contribution in [2.24, 2.45) is 0 Å². The Morgan fingerprint density at radius 2 is 2.15 bits per heavy atom. The van der Waals surface area contributed by atoms with E-state index in [4.69, 9.17) is 0 Å². The number of aromatic amines is 1. The van der Waals surface area contributed by atoms with Crippen molar-refractivity contribution in [3.8, 4) is 0 Å². The molecule has 2 heterocycles. The standard InChI is InChI=1S/C9H10FN3/c1-5(2)7-9-8(12-4-13-9)6(10)3-11-7/h3-5H,1-2H3,(H,12,13). The second kappa shape index (κ2) is 2.80. The molecule has 0 bridgehead atoms. The Hall–Kier alpha value is -1.45. The Morgan fingerprint density at radius 1 is 1.38 bits per heavy atom. The molecule has 2 aromatic rings. The van der Waals surface area contributed by atoms with Gasteiger partial charge in [0.25, 0.3) is 0 Å². The van der Waals surface area contributed by atoms with Gasteiger partial charge < -0.3 is 4.98 Å². The molecule has 0 unspecified atom stereocenters. The maximum Gasteiger partial charge on any atom is 0.167 e. The van der Waals surface area contributed by atoms with Crippen LogP contribution in [-0.2, 0) is 0 Å². The average molecular weight is 179 g/mol. The summed E-state index contributed by atoms with van der Waals surface area (Å²) in [6.45, 7) is 4.02. The van der Waals surface area contributed by atoms with E-state index in [9.17, 15) is 4.39 Å². The summed E-state index contributed by atoms with van der Waals surface area (Å²) in [6, 6.07) is 0. The molecule has 13 heavy (non-hydrogen) atoms. The number of hydrogen-bond donors (Lipinski definition) is 1. The highest BCUT2D eigenvalue weighted by Crippen LogP contribution is 2.21. The lowest BCUT2D eigenvalue weighted by Gasteiger charge is -2.04. The van der Waals surface area contributed by atoms with Gasteiger partial charge >= 0.3 is 0 Å². The van der Waals surface area contributed by atoms with E-state index in [1.54, 1.807) is 0 Å². The van der Waals surface area contributed by atoms with E-state index >= 15 is 0 Å². The number of rotatable bonds is 1. The van der Waals surface area contributed by atoms with E-state index in [0.29, 0.717) is 11.0 Å². The Balaban J connectivity index is 2.78. The smallest absolute Gasteiger partial charge is 0.167 e. The Morgan fingerprint density at radius 3 is 2.85 bits per heavy atom. The molecule has 3 nitrogen and oxygen atoms in total. The number of pyridine rings is 1. The molecule has 4 heteroatoms. The molecule has 0 atom stereocenters. The number of nitrogens with one attached hydrogen (secondary N) is 1. The first-order valence-electron chi connectivity index (χ1n) is 4.17. The topological polar surface area (TPSA) is 41.6 Å². The van der Waals surface area contributed by atoms with Crippen LogP contribution in [0, 0.1) is 5.82 Å². The molecule has 0 aliphatic heterocycles. The summed E-state index contributed by atoms with van der Waals surface area (Å²) in [6.07, 6.45) is 2.72. The summed E-state index contributed by atoms with van der Waals surface area (Å²) in [4.78, 5) is 10.8. The first kappa shape index (κ1) is 8.16. The second-order valence-electron chi connectivity index (χ2n) is 3.27. The fourth-order valence-electron chi connectivity index (χ4n) is 1.34. The number of hydrogen-bond acceptors (Lipinski definition) is 2. The molecule has 0 aromatic carbocycles. The van der Waals surface area contributed by atoms with Gasteiger partial charge in [-0.05, 0) is 5.92 Å². The summed E-state index contributed by atoms with van der Waals surface area (Å²) in [5, 5.41) is 0. The molecule has 0 aliphatic rings. The number of imidazole rings is 1. The maximum atomic E-state index is 13.1. The average Bonchev–Trinajstić information content (AvgIpc) is 2.53. The highest BCUT2D eigenvalue weighted by molar-refractivity contribution is 5.77. The van der Waals surface area contributed by atoms with Gasteiger partial charge in [-0.2, -0.15) is 0 Å². The molecule has 0 saturated heterocycles. The molecule has 0 amide bonds. The third-order valence-electron chi connectivity index (χ3n) is 1.98. The van der Waals surface area contributed by atoms with Crippen LogP contribution in [-0.4, -0.2) is 15.0 Å². The van der Waals surface area contributed by atoms with Crippen LogP contribution >= 0.6 is 0 Å². The molecule has 68 valence electrons. The molecule has 0 aliphatic carbocycles. The lowest BCUT2D eigenvalue weighted by atomic mass is 10.1. The lowest BCUT2D eigenvalue weighted by Crippen LogP contribution is -1.95. The Bertz CT molecular complexity index is 433. The molecular formula is C9H10FN3. The molecule has 2 aromatic heterocycles. The fraction of sp³-hybridized carbons (Fsp3) is 0.333. The number of nitrogens with zero attached hydrogens (tertiary/aromatic N) is 2. The summed E-state index contributed by atoms with van der Waals surface area (Å²) < 4.78 is 13.1. The van der Waals surface area contributed by atoms with Gasteiger partial charge in [-0.1, -0.05) is 13.8 Å². The maximum absolute atomic E-state index is 13.1. The van der Waals surface area contributed by atoms with Crippen molar-refractivity contribution in [1.29, 1.82) is 0 Å². The van der Waals surface area contributed by atoms with Crippen LogP contribution in [0.2, 0.25) is 0 Å². The quantitative estimate of drug-likeness (QED) is 0.729. The number of H-pyrrole nitrogens is 1. The SMILES string of the molecule is CC(C)c1ncc(F)c2[nH]cnc12. The van der Waals surface area contributed by atoms with E-state index in [0.717, 1.165) is 5.69 Å². The third-order valence-corrected chi connectivity index (χ3v) is 1.98. The number of aromatic nitrogens is 3. The fourth-order valence-corrected chi connectivity index (χ4v) is 1.34. The van der Waals surface area contributed by atoms with Crippen LogP contribution in [0.1, 0.15) is 25.5 Å². The summed E-state index contributed by atoms with van der Waals surface area (Å²) in [5.74, 6) is -0.0942. The molecular weight excluding hydrogens is 169 g/mol. The predicted octanol–water partition coefficient (Wildman–Crippen LogP) is 2.22. The van der Waals surface area contributed by atoms with Crippen LogP contribution < -0.4 is 0 Å². The Labute approximate surface area is 75.0 Å². The van der Waals surface area contributed by atoms with Crippen LogP contribution in [0.4, 0.5) is 4.39 Å². The highest BCUT2D eigenvalue weighted by Gasteiger charge is 2.11. The molecule has 0 spiro atoms. The van der Waals surface area contributed by atoms with Gasteiger partial charge in [-0.15, -0.1) is 0 Å². The van der Waals surface area contributed by atoms with Crippen molar-refractivity contribution in [2.75, 3.05) is 0 Å². The van der Waals surface area contributed by atoms with Crippen molar-refractivity contribution < 1.29 is 4.39 Å². The van der Waals surface area contributed by atoms with Crippen molar-refractivity contribution >= 4 is 11.0 Å². The minimum Gasteiger partial charge on any atom is -0.342 e. The van der Waals surface area contributed by atoms with Crippen LogP contribution in [0.3, 0.4) is 0 Å². The molecule has 1 N–H and O–H groups in total. The van der Waals surface area contributed by atoms with E-state index in [2.05, 4.69) is 15.0 Å². The minimum absolute atomic E-state index is 0.256. The van der Waals surface area contributed by atoms with E-state index < -0.39 is 0 Å². The highest BCUT2D eigenvalue weighted by atomic mass is 19.1. The zero-order valence-corrected chi connectivity index (χ0v) is 7.50. The van der Waals surface area contributed by atoms with Gasteiger partial charge in [-0.3, -0.25) is 4.98 Å². The minimum atomic E-state index is -0.350. The molecule has 2 rings (SSSR count). The van der Waals surface area contributed by atoms with Crippen molar-refractivity contribution in [3.63, 3.8) is 0 Å². The van der Waals surface area contributed by atoms with E-state index in [1.165, 1.54) is 12.5 Å². The van der Waals surface area contributed by atoms with Crippen molar-refractivity contribution in [2.45, 2.75) is 19.8 Å². The number of halogens is 1. The largest absolute Gasteiger partial charge is 0.342 e. The van der Waals surface area contributed by atoms with Gasteiger partial charge in [0.1, 0.15) is 11.0 Å². The third kappa shape index (κ3) is 1.18. The first-order valence-corrected chi connectivity index (χ1v) is 4.17. The van der Waals surface area contributed by atoms with E-state index in [-0.39, 0.29) is 11.7 Å². The summed E-state index contributed by atoms with van der Waals surface area (Å²) in [7, 11) is 0. The molecule has 0 fully saturated rings. The van der Waals surface area contributed by atoms with Gasteiger partial charge in [0.2, 0.25) is 0 Å². The van der Waals surface area contributed by atoms with Gasteiger partial charge in [-0.25, -0.2) is 9.37 Å². The number of fused-ring (bicyclic) bond motifs is 1. The van der Waals surface area contributed by atoms with Crippen LogP contribution in [0.15, 0.2) is 12.5 Å². The molecule has 0 saturated carbocycles. The summed E-state index contributed by atoms with van der Waals surface area (Å²) in [5.41, 5.74) is 1.91. The van der Waals surface area contributed by atoms with Gasteiger partial charge in [0.15, 0.2) is 5.82 Å². The predicted molar refractivity (Wildman–Crippen MR) is 47.9 cm³/mol. The van der Waals surface area contributed by atoms with Gasteiger partial charge in [0.05, 0.1) is 18.2 Å². The van der Waals surface area contributed by atoms with Gasteiger partial charge in [0, 0.05) is 0 Å². The molecule has 0 radical (unpaired) electrons. The lowest BCUT2D eigenvalue weighted by molar-refractivity contribution is 0.628. The monoisotopic (exact) mass is 179 g/mol. The summed E-state index contributed by atoms with van der Waals surface area (Å²) >= 11 is 0. The van der Waals surface area contributed by atoms with E-state index in [1.807, 2.05) is 13.8 Å². The zero-order valence-electron chi connectivity index (χ0n) is 7.50. The van der Waals surface area contributed by atoms with Crippen molar-refractivity contribution in [3.05, 3.63) is 24.0 Å².